The second-order valence-electron chi connectivity index (χ2n) is 11.5. The van der Waals surface area contributed by atoms with E-state index in [1.165, 1.54) is 4.90 Å². The minimum absolute atomic E-state index is 0.103. The van der Waals surface area contributed by atoms with Crippen LogP contribution >= 0.6 is 0 Å². The molecular weight excluding hydrogens is 522 g/mol. The van der Waals surface area contributed by atoms with Gasteiger partial charge in [-0.2, -0.15) is 0 Å². The molecule has 41 heavy (non-hydrogen) atoms. The van der Waals surface area contributed by atoms with Gasteiger partial charge in [-0.3, -0.25) is 14.4 Å². The summed E-state index contributed by atoms with van der Waals surface area (Å²) in [5.74, 6) is -3.14. The van der Waals surface area contributed by atoms with Crippen molar-refractivity contribution in [3.63, 3.8) is 0 Å². The Morgan fingerprint density at radius 1 is 1.12 bits per heavy atom. The number of fused-ring (bicyclic) bond motifs is 1. The Hall–Kier alpha value is -3.43. The van der Waals surface area contributed by atoms with Crippen LogP contribution in [0.25, 0.3) is 0 Å². The number of anilines is 2. The number of amides is 2. The van der Waals surface area contributed by atoms with Crippen LogP contribution in [-0.4, -0.2) is 71.3 Å². The molecule has 9 nitrogen and oxygen atoms in total. The molecule has 5 rings (SSSR count). The molecule has 7 atom stereocenters. The number of nitrogens with one attached hydrogen (secondary N) is 1. The number of likely N-dealkylation sites (tertiary alicyclic amines) is 1. The maximum atomic E-state index is 14.4. The molecule has 3 heterocycles. The first-order valence-electron chi connectivity index (χ1n) is 14.7. The third-order valence-corrected chi connectivity index (χ3v) is 9.50. The highest BCUT2D eigenvalue weighted by Gasteiger charge is 2.80. The van der Waals surface area contributed by atoms with E-state index in [1.54, 1.807) is 6.92 Å². The lowest BCUT2D eigenvalue weighted by molar-refractivity contribution is -0.162. The topological polar surface area (TPSA) is 108 Å². The Kier molecular flexibility index (Phi) is 7.87. The van der Waals surface area contributed by atoms with E-state index in [0.29, 0.717) is 17.7 Å². The fourth-order valence-corrected chi connectivity index (χ4v) is 7.49. The van der Waals surface area contributed by atoms with Gasteiger partial charge in [0, 0.05) is 24.5 Å². The zero-order valence-electron chi connectivity index (χ0n) is 24.5. The maximum absolute atomic E-state index is 14.4. The third kappa shape index (κ3) is 4.50. The number of aliphatic hydroxyl groups is 1. The van der Waals surface area contributed by atoms with E-state index in [9.17, 15) is 19.5 Å². The number of aliphatic hydroxyl groups excluding tert-OH is 1. The average Bonchev–Trinajstić information content (AvgIpc) is 3.48. The van der Waals surface area contributed by atoms with Gasteiger partial charge in [0.1, 0.15) is 17.6 Å². The van der Waals surface area contributed by atoms with Gasteiger partial charge in [0.15, 0.2) is 0 Å². The maximum Gasteiger partial charge on any atom is 0.312 e. The van der Waals surface area contributed by atoms with Gasteiger partial charge in [0.25, 0.3) is 0 Å². The van der Waals surface area contributed by atoms with E-state index in [4.69, 9.17) is 9.47 Å². The number of ether oxygens (including phenoxy) is 2. The van der Waals surface area contributed by atoms with Crippen molar-refractivity contribution in [2.45, 2.75) is 64.3 Å². The SMILES string of the molecule is CCOC(=O)[C@@H]1[C@H]2C(=O)N([C@H](CO)c3ccccc3)C(C(=O)Nc3ccc(N(CC)CC)cc3)C23CC(C)[C@@]1(C)O3. The number of hydrogen-bond donors (Lipinski definition) is 2. The van der Waals surface area contributed by atoms with Crippen molar-refractivity contribution in [1.82, 2.24) is 4.90 Å². The number of nitrogens with zero attached hydrogens (tertiary/aromatic N) is 2. The van der Waals surface area contributed by atoms with Gasteiger partial charge in [-0.25, -0.2) is 0 Å². The summed E-state index contributed by atoms with van der Waals surface area (Å²) in [6.07, 6.45) is 0.429. The van der Waals surface area contributed by atoms with Crippen LogP contribution < -0.4 is 10.2 Å². The molecule has 9 heteroatoms. The normalized spacial score (nSPS) is 30.7. The zero-order chi connectivity index (χ0) is 29.5. The number of esters is 1. The van der Waals surface area contributed by atoms with Gasteiger partial charge in [-0.15, -0.1) is 0 Å². The van der Waals surface area contributed by atoms with Gasteiger partial charge >= 0.3 is 5.97 Å². The van der Waals surface area contributed by atoms with Crippen molar-refractivity contribution >= 4 is 29.2 Å². The van der Waals surface area contributed by atoms with Crippen LogP contribution in [0.1, 0.15) is 52.6 Å². The Bertz CT molecular complexity index is 1280. The van der Waals surface area contributed by atoms with Gasteiger partial charge < -0.3 is 29.7 Å². The van der Waals surface area contributed by atoms with Gasteiger partial charge in [0.2, 0.25) is 11.8 Å². The lowest BCUT2D eigenvalue weighted by Crippen LogP contribution is -2.54. The molecule has 3 unspecified atom stereocenters. The number of carbonyl (C=O) groups is 3. The molecule has 0 aliphatic carbocycles. The fourth-order valence-electron chi connectivity index (χ4n) is 7.49. The minimum Gasteiger partial charge on any atom is -0.466 e. The Morgan fingerprint density at radius 3 is 2.37 bits per heavy atom. The number of rotatable bonds is 10. The van der Waals surface area contributed by atoms with Crippen molar-refractivity contribution < 1.29 is 29.0 Å². The molecule has 220 valence electrons. The summed E-state index contributed by atoms with van der Waals surface area (Å²) < 4.78 is 12.2. The molecule has 0 aromatic heterocycles. The predicted octanol–water partition coefficient (Wildman–Crippen LogP) is 3.78. The summed E-state index contributed by atoms with van der Waals surface area (Å²) in [7, 11) is 0. The molecule has 2 N–H and O–H groups in total. The molecule has 0 saturated carbocycles. The Morgan fingerprint density at radius 2 is 1.78 bits per heavy atom. The molecule has 1 spiro atoms. The Labute approximate surface area is 241 Å². The number of carbonyl (C=O) groups excluding carboxylic acids is 3. The lowest BCUT2D eigenvalue weighted by Gasteiger charge is -2.37. The molecule has 0 radical (unpaired) electrons. The minimum atomic E-state index is -1.24. The third-order valence-electron chi connectivity index (χ3n) is 9.50. The molecular formula is C32H41N3O6. The van der Waals surface area contributed by atoms with Crippen molar-refractivity contribution in [3.05, 3.63) is 60.2 Å². The highest BCUT2D eigenvalue weighted by atomic mass is 16.6. The molecule has 2 amide bonds. The summed E-state index contributed by atoms with van der Waals surface area (Å²) in [6, 6.07) is 14.9. The standard InChI is InChI=1S/C32H41N3O6/c1-6-34(7-2)23-16-14-22(15-17-23)33-28(37)27-32-18-20(4)31(5,41-32)26(30(39)40-8-3)25(32)29(38)35(27)24(19-36)21-12-10-9-11-13-21/h9-17,20,24-27,36H,6-8,18-19H2,1-5H3,(H,33,37)/t20?,24-,25+,26+,27?,31-,32?/m1/s1. The zero-order valence-corrected chi connectivity index (χ0v) is 24.5. The van der Waals surface area contributed by atoms with Gasteiger partial charge in [0.05, 0.1) is 30.8 Å². The molecule has 3 fully saturated rings. The van der Waals surface area contributed by atoms with Crippen molar-refractivity contribution in [2.24, 2.45) is 17.8 Å². The van der Waals surface area contributed by atoms with Crippen LogP contribution in [0.5, 0.6) is 0 Å². The van der Waals surface area contributed by atoms with Crippen LogP contribution in [-0.2, 0) is 23.9 Å². The lowest BCUT2D eigenvalue weighted by atomic mass is 9.62. The van der Waals surface area contributed by atoms with E-state index < -0.39 is 53.6 Å². The van der Waals surface area contributed by atoms with Crippen LogP contribution in [0.4, 0.5) is 11.4 Å². The highest BCUT2D eigenvalue weighted by molar-refractivity contribution is 6.03. The van der Waals surface area contributed by atoms with Crippen LogP contribution in [0.3, 0.4) is 0 Å². The second-order valence-corrected chi connectivity index (χ2v) is 11.5. The van der Waals surface area contributed by atoms with Gasteiger partial charge in [-0.1, -0.05) is 37.3 Å². The summed E-state index contributed by atoms with van der Waals surface area (Å²) in [6.45, 7) is 11.3. The molecule has 2 aromatic carbocycles. The van der Waals surface area contributed by atoms with Crippen LogP contribution in [0.2, 0.25) is 0 Å². The largest absolute Gasteiger partial charge is 0.466 e. The summed E-state index contributed by atoms with van der Waals surface area (Å²) in [5, 5.41) is 13.6. The molecule has 3 aliphatic heterocycles. The average molecular weight is 564 g/mol. The second kappa shape index (κ2) is 11.1. The molecule has 3 saturated heterocycles. The summed E-state index contributed by atoms with van der Waals surface area (Å²) >= 11 is 0. The number of benzene rings is 2. The Balaban J connectivity index is 1.57. The van der Waals surface area contributed by atoms with E-state index >= 15 is 0 Å². The summed E-state index contributed by atoms with van der Waals surface area (Å²) in [5.41, 5.74) is 0.139. The van der Waals surface area contributed by atoms with E-state index in [0.717, 1.165) is 18.8 Å². The highest BCUT2D eigenvalue weighted by Crippen LogP contribution is 2.66. The quantitative estimate of drug-likeness (QED) is 0.424. The molecule has 2 bridgehead atoms. The first kappa shape index (κ1) is 29.1. The smallest absolute Gasteiger partial charge is 0.312 e. The van der Waals surface area contributed by atoms with Crippen molar-refractivity contribution in [3.8, 4) is 0 Å². The van der Waals surface area contributed by atoms with Gasteiger partial charge in [-0.05, 0) is 69.9 Å². The fraction of sp³-hybridized carbons (Fsp3) is 0.531. The predicted molar refractivity (Wildman–Crippen MR) is 155 cm³/mol. The first-order valence-corrected chi connectivity index (χ1v) is 14.7. The van der Waals surface area contributed by atoms with E-state index in [2.05, 4.69) is 24.1 Å². The summed E-state index contributed by atoms with van der Waals surface area (Å²) in [4.78, 5) is 45.7. The monoisotopic (exact) mass is 563 g/mol. The molecule has 2 aromatic rings. The number of hydrogen-bond acceptors (Lipinski definition) is 7. The van der Waals surface area contributed by atoms with E-state index in [1.807, 2.05) is 68.4 Å². The first-order chi connectivity index (χ1) is 19.7. The van der Waals surface area contributed by atoms with Crippen LogP contribution in [0, 0.1) is 17.8 Å². The van der Waals surface area contributed by atoms with Crippen molar-refractivity contribution in [2.75, 3.05) is 36.5 Å². The van der Waals surface area contributed by atoms with E-state index in [-0.39, 0.29) is 18.4 Å². The molecule has 3 aliphatic rings. The van der Waals surface area contributed by atoms with Crippen molar-refractivity contribution in [1.29, 1.82) is 0 Å². The van der Waals surface area contributed by atoms with Crippen LogP contribution in [0.15, 0.2) is 54.6 Å².